The molecule has 1 atom stereocenters. The van der Waals surface area contributed by atoms with Crippen molar-refractivity contribution in [3.05, 3.63) is 53.9 Å². The summed E-state index contributed by atoms with van der Waals surface area (Å²) in [7, 11) is 3.59. The van der Waals surface area contributed by atoms with Crippen LogP contribution in [0.15, 0.2) is 47.6 Å². The molecule has 0 aliphatic heterocycles. The first-order chi connectivity index (χ1) is 8.79. The van der Waals surface area contributed by atoms with Crippen LogP contribution in [0.2, 0.25) is 0 Å². The Balaban J connectivity index is 1.97. The van der Waals surface area contributed by atoms with Crippen LogP contribution in [0.3, 0.4) is 0 Å². The van der Waals surface area contributed by atoms with Crippen LogP contribution in [0.25, 0.3) is 0 Å². The SMILES string of the molecule is COC(CN=Cc1ccn(C)n1)c1ccccc1. The number of aryl methyl sites for hydroxylation is 1. The maximum Gasteiger partial charge on any atom is 0.103 e. The largest absolute Gasteiger partial charge is 0.375 e. The first-order valence-corrected chi connectivity index (χ1v) is 5.87. The summed E-state index contributed by atoms with van der Waals surface area (Å²) in [6.45, 7) is 0.594. The fourth-order valence-electron chi connectivity index (χ4n) is 1.73. The molecule has 0 spiro atoms. The number of nitrogens with zero attached hydrogens (tertiary/aromatic N) is 3. The fraction of sp³-hybridized carbons (Fsp3) is 0.286. The van der Waals surface area contributed by atoms with Crippen molar-refractivity contribution >= 4 is 6.21 Å². The van der Waals surface area contributed by atoms with E-state index < -0.39 is 0 Å². The minimum atomic E-state index is -0.00818. The molecule has 18 heavy (non-hydrogen) atoms. The summed E-state index contributed by atoms with van der Waals surface area (Å²) >= 11 is 0. The van der Waals surface area contributed by atoms with E-state index in [2.05, 4.69) is 10.1 Å². The zero-order chi connectivity index (χ0) is 12.8. The Kier molecular flexibility index (Phi) is 4.25. The Morgan fingerprint density at radius 2 is 2.11 bits per heavy atom. The molecule has 0 amide bonds. The number of ether oxygens (including phenoxy) is 1. The predicted octanol–water partition coefficient (Wildman–Crippen LogP) is 2.23. The Morgan fingerprint density at radius 1 is 1.33 bits per heavy atom. The zero-order valence-corrected chi connectivity index (χ0v) is 10.7. The third-order valence-corrected chi connectivity index (χ3v) is 2.68. The molecule has 4 nitrogen and oxygen atoms in total. The van der Waals surface area contributed by atoms with Gasteiger partial charge in [-0.1, -0.05) is 30.3 Å². The lowest BCUT2D eigenvalue weighted by Gasteiger charge is -2.12. The Bertz CT molecular complexity index is 505. The van der Waals surface area contributed by atoms with E-state index >= 15 is 0 Å². The van der Waals surface area contributed by atoms with Crippen LogP contribution in [0.4, 0.5) is 0 Å². The molecule has 0 saturated carbocycles. The second-order valence-corrected chi connectivity index (χ2v) is 4.04. The molecule has 1 unspecified atom stereocenters. The molecular weight excluding hydrogens is 226 g/mol. The molecule has 0 saturated heterocycles. The average Bonchev–Trinajstić information content (AvgIpc) is 2.81. The van der Waals surface area contributed by atoms with Crippen LogP contribution >= 0.6 is 0 Å². The number of aromatic nitrogens is 2. The highest BCUT2D eigenvalue weighted by atomic mass is 16.5. The summed E-state index contributed by atoms with van der Waals surface area (Å²) in [6.07, 6.45) is 3.66. The normalized spacial score (nSPS) is 13.0. The number of aliphatic imine (C=N–C) groups is 1. The topological polar surface area (TPSA) is 39.4 Å². The van der Waals surface area contributed by atoms with Crippen molar-refractivity contribution in [2.24, 2.45) is 12.0 Å². The van der Waals surface area contributed by atoms with E-state index in [4.69, 9.17) is 4.74 Å². The van der Waals surface area contributed by atoms with Crippen LogP contribution in [-0.4, -0.2) is 29.6 Å². The van der Waals surface area contributed by atoms with Crippen molar-refractivity contribution in [3.8, 4) is 0 Å². The molecule has 4 heteroatoms. The van der Waals surface area contributed by atoms with Crippen molar-refractivity contribution in [2.75, 3.05) is 13.7 Å². The molecule has 0 aliphatic carbocycles. The maximum absolute atomic E-state index is 5.44. The molecule has 1 aromatic heterocycles. The summed E-state index contributed by atoms with van der Waals surface area (Å²) in [5, 5.41) is 4.23. The summed E-state index contributed by atoms with van der Waals surface area (Å²) < 4.78 is 7.20. The molecule has 0 radical (unpaired) electrons. The second-order valence-electron chi connectivity index (χ2n) is 4.04. The van der Waals surface area contributed by atoms with E-state index in [0.717, 1.165) is 11.3 Å². The van der Waals surface area contributed by atoms with Gasteiger partial charge in [0.25, 0.3) is 0 Å². The minimum Gasteiger partial charge on any atom is -0.375 e. The number of rotatable bonds is 5. The van der Waals surface area contributed by atoms with E-state index in [1.54, 1.807) is 18.0 Å². The van der Waals surface area contributed by atoms with E-state index in [9.17, 15) is 0 Å². The van der Waals surface area contributed by atoms with Gasteiger partial charge in [0.05, 0.1) is 6.54 Å². The second kappa shape index (κ2) is 6.12. The van der Waals surface area contributed by atoms with Crippen LogP contribution < -0.4 is 0 Å². The number of hydrogen-bond donors (Lipinski definition) is 0. The van der Waals surface area contributed by atoms with Gasteiger partial charge in [-0.3, -0.25) is 9.67 Å². The standard InChI is InChI=1S/C14H17N3O/c1-17-9-8-13(16-17)10-15-11-14(18-2)12-6-4-3-5-7-12/h3-10,14H,11H2,1-2H3. The molecule has 0 fully saturated rings. The van der Waals surface area contributed by atoms with Crippen LogP contribution in [0, 0.1) is 0 Å². The van der Waals surface area contributed by atoms with E-state index in [0.29, 0.717) is 6.54 Å². The molecule has 94 valence electrons. The highest BCUT2D eigenvalue weighted by Gasteiger charge is 2.08. The molecule has 0 aliphatic rings. The lowest BCUT2D eigenvalue weighted by molar-refractivity contribution is 0.111. The molecule has 1 heterocycles. The Hall–Kier alpha value is -1.94. The lowest BCUT2D eigenvalue weighted by atomic mass is 10.1. The highest BCUT2D eigenvalue weighted by molar-refractivity contribution is 5.76. The van der Waals surface area contributed by atoms with Gasteiger partial charge < -0.3 is 4.74 Å². The summed E-state index contributed by atoms with van der Waals surface area (Å²) in [5.74, 6) is 0. The van der Waals surface area contributed by atoms with Crippen molar-refractivity contribution in [2.45, 2.75) is 6.10 Å². The van der Waals surface area contributed by atoms with E-state index in [1.807, 2.05) is 49.6 Å². The van der Waals surface area contributed by atoms with Crippen molar-refractivity contribution in [1.29, 1.82) is 0 Å². The van der Waals surface area contributed by atoms with Gasteiger partial charge in [-0.2, -0.15) is 5.10 Å². The van der Waals surface area contributed by atoms with Crippen molar-refractivity contribution < 1.29 is 4.74 Å². The summed E-state index contributed by atoms with van der Waals surface area (Å²) in [5.41, 5.74) is 2.00. The Morgan fingerprint density at radius 3 is 2.72 bits per heavy atom. The Labute approximate surface area is 107 Å². The van der Waals surface area contributed by atoms with E-state index in [1.165, 1.54) is 0 Å². The van der Waals surface area contributed by atoms with Gasteiger partial charge in [-0.15, -0.1) is 0 Å². The smallest absolute Gasteiger partial charge is 0.103 e. The average molecular weight is 243 g/mol. The lowest BCUT2D eigenvalue weighted by Crippen LogP contribution is -2.05. The number of hydrogen-bond acceptors (Lipinski definition) is 3. The summed E-state index contributed by atoms with van der Waals surface area (Å²) in [6, 6.07) is 12.0. The van der Waals surface area contributed by atoms with Gasteiger partial charge in [0.2, 0.25) is 0 Å². The highest BCUT2D eigenvalue weighted by Crippen LogP contribution is 2.16. The zero-order valence-electron chi connectivity index (χ0n) is 10.7. The first-order valence-electron chi connectivity index (χ1n) is 5.87. The van der Waals surface area contributed by atoms with Crippen LogP contribution in [0.5, 0.6) is 0 Å². The molecule has 0 bridgehead atoms. The fourth-order valence-corrected chi connectivity index (χ4v) is 1.73. The van der Waals surface area contributed by atoms with Gasteiger partial charge >= 0.3 is 0 Å². The monoisotopic (exact) mass is 243 g/mol. The molecule has 0 N–H and O–H groups in total. The third kappa shape index (κ3) is 3.28. The number of benzene rings is 1. The van der Waals surface area contributed by atoms with Gasteiger partial charge in [0.15, 0.2) is 0 Å². The number of methoxy groups -OCH3 is 1. The molecule has 1 aromatic carbocycles. The van der Waals surface area contributed by atoms with Crippen molar-refractivity contribution in [1.82, 2.24) is 9.78 Å². The predicted molar refractivity (Wildman–Crippen MR) is 71.9 cm³/mol. The van der Waals surface area contributed by atoms with Gasteiger partial charge in [-0.25, -0.2) is 0 Å². The van der Waals surface area contributed by atoms with Crippen molar-refractivity contribution in [3.63, 3.8) is 0 Å². The third-order valence-electron chi connectivity index (χ3n) is 2.68. The van der Waals surface area contributed by atoms with Gasteiger partial charge in [0.1, 0.15) is 11.8 Å². The summed E-state index contributed by atoms with van der Waals surface area (Å²) in [4.78, 5) is 4.38. The quantitative estimate of drug-likeness (QED) is 0.755. The van der Waals surface area contributed by atoms with Gasteiger partial charge in [-0.05, 0) is 11.6 Å². The van der Waals surface area contributed by atoms with Gasteiger partial charge in [0, 0.05) is 26.6 Å². The van der Waals surface area contributed by atoms with Crippen LogP contribution in [0.1, 0.15) is 17.4 Å². The van der Waals surface area contributed by atoms with E-state index in [-0.39, 0.29) is 6.10 Å². The molecular formula is C14H17N3O. The molecule has 2 rings (SSSR count). The molecule has 2 aromatic rings. The van der Waals surface area contributed by atoms with Crippen LogP contribution in [-0.2, 0) is 11.8 Å². The first kappa shape index (κ1) is 12.5. The minimum absolute atomic E-state index is 0.00818. The maximum atomic E-state index is 5.44.